The van der Waals surface area contributed by atoms with Crippen molar-refractivity contribution in [3.8, 4) is 5.75 Å². The van der Waals surface area contributed by atoms with Crippen molar-refractivity contribution >= 4 is 5.78 Å². The summed E-state index contributed by atoms with van der Waals surface area (Å²) < 4.78 is 5.56. The topological polar surface area (TPSA) is 65.2 Å². The Kier molecular flexibility index (Phi) is 6.65. The van der Waals surface area contributed by atoms with Crippen LogP contribution in [0.3, 0.4) is 0 Å². The molecule has 0 amide bonds. The number of rotatable bonds is 8. The van der Waals surface area contributed by atoms with E-state index < -0.39 is 0 Å². The van der Waals surface area contributed by atoms with Gasteiger partial charge in [0.05, 0.1) is 12.3 Å². The Balaban J connectivity index is 2.71. The maximum atomic E-state index is 12.3. The van der Waals surface area contributed by atoms with Gasteiger partial charge in [0.25, 0.3) is 0 Å². The van der Waals surface area contributed by atoms with E-state index in [4.69, 9.17) is 10.5 Å². The summed E-state index contributed by atoms with van der Waals surface area (Å²) in [4.78, 5) is 16.4. The van der Waals surface area contributed by atoms with Crippen LogP contribution >= 0.6 is 0 Å². The SMILES string of the molecule is CC(C)CC(CN)CC(=O)c1cncc(OC(C)C)c1. The van der Waals surface area contributed by atoms with E-state index in [0.29, 0.717) is 30.2 Å². The minimum atomic E-state index is 0.0693. The van der Waals surface area contributed by atoms with Crippen LogP contribution in [0.5, 0.6) is 5.75 Å². The molecule has 112 valence electrons. The van der Waals surface area contributed by atoms with Crippen LogP contribution in [0.2, 0.25) is 0 Å². The van der Waals surface area contributed by atoms with Gasteiger partial charge in [0.2, 0.25) is 0 Å². The molecule has 0 aliphatic heterocycles. The highest BCUT2D eigenvalue weighted by Gasteiger charge is 2.16. The second-order valence-electron chi connectivity index (χ2n) is 5.93. The molecule has 1 rings (SSSR count). The highest BCUT2D eigenvalue weighted by atomic mass is 16.5. The minimum absolute atomic E-state index is 0.0693. The third-order valence-electron chi connectivity index (χ3n) is 3.02. The molecule has 4 nitrogen and oxygen atoms in total. The second kappa shape index (κ2) is 8.00. The first-order chi connectivity index (χ1) is 9.42. The largest absolute Gasteiger partial charge is 0.489 e. The first-order valence-electron chi connectivity index (χ1n) is 7.27. The average Bonchev–Trinajstić information content (AvgIpc) is 2.36. The first-order valence-corrected chi connectivity index (χ1v) is 7.27. The monoisotopic (exact) mass is 278 g/mol. The lowest BCUT2D eigenvalue weighted by Crippen LogP contribution is -2.20. The van der Waals surface area contributed by atoms with Crippen LogP contribution in [0.1, 0.15) is 50.9 Å². The molecule has 1 heterocycles. The Labute approximate surface area is 121 Å². The summed E-state index contributed by atoms with van der Waals surface area (Å²) in [5.41, 5.74) is 6.35. The van der Waals surface area contributed by atoms with Gasteiger partial charge in [-0.05, 0) is 44.7 Å². The Bertz CT molecular complexity index is 430. The number of hydrogen-bond acceptors (Lipinski definition) is 4. The number of nitrogens with two attached hydrogens (primary N) is 1. The van der Waals surface area contributed by atoms with Crippen LogP contribution < -0.4 is 10.5 Å². The molecular formula is C16H26N2O2. The summed E-state index contributed by atoms with van der Waals surface area (Å²) in [7, 11) is 0. The third-order valence-corrected chi connectivity index (χ3v) is 3.02. The lowest BCUT2D eigenvalue weighted by molar-refractivity contribution is 0.0956. The third kappa shape index (κ3) is 5.70. The molecule has 0 radical (unpaired) electrons. The van der Waals surface area contributed by atoms with E-state index in [0.717, 1.165) is 6.42 Å². The van der Waals surface area contributed by atoms with Crippen LogP contribution in [0.4, 0.5) is 0 Å². The minimum Gasteiger partial charge on any atom is -0.489 e. The lowest BCUT2D eigenvalue weighted by atomic mass is 9.91. The van der Waals surface area contributed by atoms with Crippen molar-refractivity contribution in [2.45, 2.75) is 46.6 Å². The fraction of sp³-hybridized carbons (Fsp3) is 0.625. The standard InChI is InChI=1S/C16H26N2O2/c1-11(2)5-13(8-17)6-16(19)14-7-15(10-18-9-14)20-12(3)4/h7,9-13H,5-6,8,17H2,1-4H3. The Hall–Kier alpha value is -1.42. The predicted octanol–water partition coefficient (Wildman–Crippen LogP) is 3.06. The molecule has 4 heteroatoms. The quantitative estimate of drug-likeness (QED) is 0.742. The molecule has 20 heavy (non-hydrogen) atoms. The molecule has 0 saturated heterocycles. The van der Waals surface area contributed by atoms with Crippen LogP contribution in [-0.4, -0.2) is 23.4 Å². The van der Waals surface area contributed by atoms with Crippen LogP contribution in [0, 0.1) is 11.8 Å². The molecule has 0 spiro atoms. The Morgan fingerprint density at radius 3 is 2.55 bits per heavy atom. The Morgan fingerprint density at radius 1 is 1.30 bits per heavy atom. The molecule has 0 bridgehead atoms. The molecule has 1 unspecified atom stereocenters. The normalized spacial score (nSPS) is 12.8. The number of nitrogens with zero attached hydrogens (tertiary/aromatic N) is 1. The first kappa shape index (κ1) is 16.6. The van der Waals surface area contributed by atoms with E-state index in [-0.39, 0.29) is 17.8 Å². The number of carbonyl (C=O) groups is 1. The van der Waals surface area contributed by atoms with Gasteiger partial charge < -0.3 is 10.5 Å². The fourth-order valence-corrected chi connectivity index (χ4v) is 2.22. The van der Waals surface area contributed by atoms with E-state index in [9.17, 15) is 4.79 Å². The molecule has 0 aliphatic rings. The van der Waals surface area contributed by atoms with Gasteiger partial charge in [-0.15, -0.1) is 0 Å². The summed E-state index contributed by atoms with van der Waals surface area (Å²) in [6.45, 7) is 8.72. The van der Waals surface area contributed by atoms with Gasteiger partial charge >= 0.3 is 0 Å². The molecule has 0 aromatic carbocycles. The van der Waals surface area contributed by atoms with Gasteiger partial charge in [-0.25, -0.2) is 0 Å². The summed E-state index contributed by atoms with van der Waals surface area (Å²) in [5, 5.41) is 0. The van der Waals surface area contributed by atoms with Crippen molar-refractivity contribution in [2.24, 2.45) is 17.6 Å². The molecule has 0 aliphatic carbocycles. The zero-order chi connectivity index (χ0) is 15.1. The van der Waals surface area contributed by atoms with Crippen LogP contribution in [0.15, 0.2) is 18.5 Å². The number of carbonyl (C=O) groups excluding carboxylic acids is 1. The zero-order valence-corrected chi connectivity index (χ0v) is 12.9. The number of hydrogen-bond donors (Lipinski definition) is 1. The van der Waals surface area contributed by atoms with Crippen LogP contribution in [0.25, 0.3) is 0 Å². The zero-order valence-electron chi connectivity index (χ0n) is 12.9. The van der Waals surface area contributed by atoms with Crippen molar-refractivity contribution < 1.29 is 9.53 Å². The van der Waals surface area contributed by atoms with E-state index in [1.165, 1.54) is 0 Å². The summed E-state index contributed by atoms with van der Waals surface area (Å²) >= 11 is 0. The highest BCUT2D eigenvalue weighted by Crippen LogP contribution is 2.19. The maximum absolute atomic E-state index is 12.3. The lowest BCUT2D eigenvalue weighted by Gasteiger charge is -2.16. The molecule has 1 aromatic rings. The van der Waals surface area contributed by atoms with E-state index >= 15 is 0 Å². The smallest absolute Gasteiger partial charge is 0.164 e. The number of Topliss-reactive ketones (excluding diaryl/α,β-unsaturated/α-hetero) is 1. The number of aromatic nitrogens is 1. The number of pyridine rings is 1. The predicted molar refractivity (Wildman–Crippen MR) is 80.9 cm³/mol. The van der Waals surface area contributed by atoms with Gasteiger partial charge in [-0.2, -0.15) is 0 Å². The van der Waals surface area contributed by atoms with E-state index in [1.54, 1.807) is 18.5 Å². The molecule has 0 saturated carbocycles. The summed E-state index contributed by atoms with van der Waals surface area (Å²) in [5.74, 6) is 1.50. The number of ketones is 1. The van der Waals surface area contributed by atoms with Crippen molar-refractivity contribution in [3.63, 3.8) is 0 Å². The summed E-state index contributed by atoms with van der Waals surface area (Å²) in [6, 6.07) is 1.76. The van der Waals surface area contributed by atoms with Gasteiger partial charge in [0.15, 0.2) is 5.78 Å². The second-order valence-corrected chi connectivity index (χ2v) is 5.93. The van der Waals surface area contributed by atoms with Gasteiger partial charge in [0.1, 0.15) is 5.75 Å². The van der Waals surface area contributed by atoms with Crippen molar-refractivity contribution in [1.82, 2.24) is 4.98 Å². The molecule has 1 aromatic heterocycles. The average molecular weight is 278 g/mol. The van der Waals surface area contributed by atoms with Crippen molar-refractivity contribution in [2.75, 3.05) is 6.54 Å². The molecule has 0 fully saturated rings. The fourth-order valence-electron chi connectivity index (χ4n) is 2.22. The van der Waals surface area contributed by atoms with Gasteiger partial charge in [-0.3, -0.25) is 9.78 Å². The molecule has 1 atom stereocenters. The number of ether oxygens (including phenoxy) is 1. The van der Waals surface area contributed by atoms with E-state index in [2.05, 4.69) is 18.8 Å². The molecule has 2 N–H and O–H groups in total. The van der Waals surface area contributed by atoms with Crippen molar-refractivity contribution in [3.05, 3.63) is 24.0 Å². The maximum Gasteiger partial charge on any atom is 0.164 e. The van der Waals surface area contributed by atoms with Gasteiger partial charge in [0, 0.05) is 18.2 Å². The molecular weight excluding hydrogens is 252 g/mol. The highest BCUT2D eigenvalue weighted by molar-refractivity contribution is 5.96. The Morgan fingerprint density at radius 2 is 2.00 bits per heavy atom. The van der Waals surface area contributed by atoms with Gasteiger partial charge in [-0.1, -0.05) is 13.8 Å². The van der Waals surface area contributed by atoms with Crippen molar-refractivity contribution in [1.29, 1.82) is 0 Å². The summed E-state index contributed by atoms with van der Waals surface area (Å²) in [6.07, 6.45) is 4.74. The van der Waals surface area contributed by atoms with E-state index in [1.807, 2.05) is 13.8 Å². The van der Waals surface area contributed by atoms with Crippen LogP contribution in [-0.2, 0) is 0 Å².